The molecule has 0 aliphatic carbocycles. The van der Waals surface area contributed by atoms with Gasteiger partial charge in [-0.15, -0.1) is 0 Å². The maximum atomic E-state index is 13.5. The first-order valence-electron chi connectivity index (χ1n) is 6.26. The number of hydrogen-bond donors (Lipinski definition) is 1. The van der Waals surface area contributed by atoms with Gasteiger partial charge in [0.2, 0.25) is 0 Å². The molecule has 0 radical (unpaired) electrons. The number of benzene rings is 1. The third kappa shape index (κ3) is 3.97. The molecule has 0 heterocycles. The molecule has 96 valence electrons. The lowest BCUT2D eigenvalue weighted by molar-refractivity contribution is 0.351. The van der Waals surface area contributed by atoms with Crippen molar-refractivity contribution in [2.45, 2.75) is 46.2 Å². The van der Waals surface area contributed by atoms with Gasteiger partial charge in [-0.3, -0.25) is 0 Å². The van der Waals surface area contributed by atoms with Crippen molar-refractivity contribution >= 4 is 11.6 Å². The topological polar surface area (TPSA) is 12.0 Å². The van der Waals surface area contributed by atoms with E-state index >= 15 is 0 Å². The largest absolute Gasteiger partial charge is 0.310 e. The van der Waals surface area contributed by atoms with Crippen LogP contribution in [0.25, 0.3) is 0 Å². The number of nitrogens with one attached hydrogen (secondary N) is 1. The molecule has 1 aromatic rings. The Morgan fingerprint density at radius 2 is 1.94 bits per heavy atom. The fourth-order valence-electron chi connectivity index (χ4n) is 2.13. The second-order valence-electron chi connectivity index (χ2n) is 4.45. The highest BCUT2D eigenvalue weighted by Gasteiger charge is 2.14. The fourth-order valence-corrected chi connectivity index (χ4v) is 2.36. The Kier molecular flexibility index (Phi) is 5.93. The zero-order valence-electron chi connectivity index (χ0n) is 10.8. The van der Waals surface area contributed by atoms with E-state index in [-0.39, 0.29) is 5.82 Å². The lowest BCUT2D eigenvalue weighted by Gasteiger charge is -2.23. The smallest absolute Gasteiger partial charge is 0.129 e. The van der Waals surface area contributed by atoms with Crippen LogP contribution in [-0.4, -0.2) is 6.04 Å². The Bertz CT molecular complexity index is 330. The molecule has 0 spiro atoms. The van der Waals surface area contributed by atoms with Crippen LogP contribution in [-0.2, 0) is 6.54 Å². The van der Waals surface area contributed by atoms with Crippen molar-refractivity contribution < 1.29 is 4.39 Å². The molecule has 1 atom stereocenters. The third-order valence-corrected chi connectivity index (χ3v) is 3.77. The monoisotopic (exact) mass is 257 g/mol. The Hall–Kier alpha value is -0.600. The first-order valence-corrected chi connectivity index (χ1v) is 6.64. The van der Waals surface area contributed by atoms with E-state index in [1.54, 1.807) is 12.1 Å². The summed E-state index contributed by atoms with van der Waals surface area (Å²) in [6.45, 7) is 7.00. The van der Waals surface area contributed by atoms with Gasteiger partial charge in [-0.25, -0.2) is 4.39 Å². The van der Waals surface area contributed by atoms with Gasteiger partial charge in [0.1, 0.15) is 5.82 Å². The normalized spacial score (nSPS) is 13.1. The minimum absolute atomic E-state index is 0.234. The zero-order valence-corrected chi connectivity index (χ0v) is 11.5. The van der Waals surface area contributed by atoms with Crippen LogP contribution in [0.15, 0.2) is 18.2 Å². The summed E-state index contributed by atoms with van der Waals surface area (Å²) in [5.41, 5.74) is 0.562. The average Bonchev–Trinajstić information content (AvgIpc) is 2.30. The predicted molar refractivity (Wildman–Crippen MR) is 71.8 cm³/mol. The Morgan fingerprint density at radius 3 is 2.47 bits per heavy atom. The molecule has 1 nitrogen and oxygen atoms in total. The minimum Gasteiger partial charge on any atom is -0.310 e. The number of hydrogen-bond acceptors (Lipinski definition) is 1. The van der Waals surface area contributed by atoms with Crippen molar-refractivity contribution in [2.75, 3.05) is 0 Å². The maximum absolute atomic E-state index is 13.5. The van der Waals surface area contributed by atoms with E-state index in [0.717, 1.165) is 12.8 Å². The molecule has 17 heavy (non-hydrogen) atoms. The van der Waals surface area contributed by atoms with Crippen molar-refractivity contribution in [3.63, 3.8) is 0 Å². The second kappa shape index (κ2) is 6.97. The highest BCUT2D eigenvalue weighted by atomic mass is 35.5. The highest BCUT2D eigenvalue weighted by molar-refractivity contribution is 6.31. The molecule has 0 fully saturated rings. The van der Waals surface area contributed by atoms with Gasteiger partial charge in [0.15, 0.2) is 0 Å². The fraction of sp³-hybridized carbons (Fsp3) is 0.571. The SMILES string of the molecule is CCC(CC)C(C)NCc1c(F)cccc1Cl. The van der Waals surface area contributed by atoms with Crippen molar-refractivity contribution in [1.29, 1.82) is 0 Å². The molecule has 3 heteroatoms. The van der Waals surface area contributed by atoms with Crippen LogP contribution in [0.1, 0.15) is 39.2 Å². The van der Waals surface area contributed by atoms with E-state index in [1.165, 1.54) is 6.07 Å². The molecular formula is C14H21ClFN. The van der Waals surface area contributed by atoms with E-state index in [1.807, 2.05) is 0 Å². The van der Waals surface area contributed by atoms with Crippen LogP contribution in [0, 0.1) is 11.7 Å². The summed E-state index contributed by atoms with van der Waals surface area (Å²) >= 11 is 5.98. The quantitative estimate of drug-likeness (QED) is 0.797. The first kappa shape index (κ1) is 14.5. The van der Waals surface area contributed by atoms with Gasteiger partial charge < -0.3 is 5.32 Å². The predicted octanol–water partition coefficient (Wildman–Crippen LogP) is 4.39. The van der Waals surface area contributed by atoms with Crippen LogP contribution < -0.4 is 5.32 Å². The van der Waals surface area contributed by atoms with Crippen LogP contribution >= 0.6 is 11.6 Å². The molecule has 1 rings (SSSR count). The summed E-state index contributed by atoms with van der Waals surface area (Å²) in [6.07, 6.45) is 2.27. The van der Waals surface area contributed by atoms with Crippen molar-refractivity contribution in [3.05, 3.63) is 34.6 Å². The molecule has 0 saturated carbocycles. The highest BCUT2D eigenvalue weighted by Crippen LogP contribution is 2.20. The molecule has 0 aliphatic rings. The van der Waals surface area contributed by atoms with E-state index in [0.29, 0.717) is 29.1 Å². The van der Waals surface area contributed by atoms with Crippen molar-refractivity contribution in [2.24, 2.45) is 5.92 Å². The summed E-state index contributed by atoms with van der Waals surface area (Å²) in [4.78, 5) is 0. The third-order valence-electron chi connectivity index (χ3n) is 3.42. The Labute approximate surface area is 108 Å². The van der Waals surface area contributed by atoms with E-state index in [2.05, 4.69) is 26.1 Å². The minimum atomic E-state index is -0.234. The van der Waals surface area contributed by atoms with Gasteiger partial charge in [0.05, 0.1) is 0 Å². The number of halogens is 2. The van der Waals surface area contributed by atoms with Crippen LogP contribution in [0.2, 0.25) is 5.02 Å². The van der Waals surface area contributed by atoms with Gasteiger partial charge in [0.25, 0.3) is 0 Å². The van der Waals surface area contributed by atoms with Crippen molar-refractivity contribution in [1.82, 2.24) is 5.32 Å². The zero-order chi connectivity index (χ0) is 12.8. The second-order valence-corrected chi connectivity index (χ2v) is 4.85. The summed E-state index contributed by atoms with van der Waals surface area (Å²) in [5, 5.41) is 3.85. The molecule has 1 unspecified atom stereocenters. The summed E-state index contributed by atoms with van der Waals surface area (Å²) in [6, 6.07) is 5.18. The molecule has 0 bridgehead atoms. The lowest BCUT2D eigenvalue weighted by Crippen LogP contribution is -2.32. The molecule has 1 N–H and O–H groups in total. The van der Waals surface area contributed by atoms with E-state index < -0.39 is 0 Å². The van der Waals surface area contributed by atoms with Gasteiger partial charge >= 0.3 is 0 Å². The summed E-state index contributed by atoms with van der Waals surface area (Å²) in [7, 11) is 0. The molecule has 0 aromatic heterocycles. The number of rotatable bonds is 6. The van der Waals surface area contributed by atoms with E-state index in [4.69, 9.17) is 11.6 Å². The maximum Gasteiger partial charge on any atom is 0.129 e. The average molecular weight is 258 g/mol. The summed E-state index contributed by atoms with van der Waals surface area (Å²) < 4.78 is 13.5. The van der Waals surface area contributed by atoms with Gasteiger partial charge in [0, 0.05) is 23.2 Å². The Morgan fingerprint density at radius 1 is 1.29 bits per heavy atom. The molecule has 0 aliphatic heterocycles. The van der Waals surface area contributed by atoms with Crippen LogP contribution in [0.3, 0.4) is 0 Å². The van der Waals surface area contributed by atoms with E-state index in [9.17, 15) is 4.39 Å². The van der Waals surface area contributed by atoms with Gasteiger partial charge in [-0.2, -0.15) is 0 Å². The van der Waals surface area contributed by atoms with Gasteiger partial charge in [-0.1, -0.05) is 44.4 Å². The standard InChI is InChI=1S/C14H21ClFN/c1-4-11(5-2)10(3)17-9-12-13(15)7-6-8-14(12)16/h6-8,10-11,17H,4-5,9H2,1-3H3. The summed E-state index contributed by atoms with van der Waals surface area (Å²) in [5.74, 6) is 0.391. The molecule has 0 amide bonds. The van der Waals surface area contributed by atoms with Crippen LogP contribution in [0.5, 0.6) is 0 Å². The van der Waals surface area contributed by atoms with Crippen molar-refractivity contribution in [3.8, 4) is 0 Å². The van der Waals surface area contributed by atoms with Crippen LogP contribution in [0.4, 0.5) is 4.39 Å². The lowest BCUT2D eigenvalue weighted by atomic mass is 9.95. The molecule has 1 aromatic carbocycles. The first-order chi connectivity index (χ1) is 8.10. The molecular weight excluding hydrogens is 237 g/mol. The Balaban J connectivity index is 2.61. The molecule has 0 saturated heterocycles. The van der Waals surface area contributed by atoms with Gasteiger partial charge in [-0.05, 0) is 25.0 Å².